The van der Waals surface area contributed by atoms with E-state index < -0.39 is 5.60 Å². The zero-order valence-corrected chi connectivity index (χ0v) is 9.46. The Kier molecular flexibility index (Phi) is 2.75. The molecular weight excluding hydrogens is 202 g/mol. The predicted molar refractivity (Wildman–Crippen MR) is 60.8 cm³/mol. The average molecular weight is 217 g/mol. The SMILES string of the molecule is CCn1nccc1C(C)(O)c1cccnc1. The fraction of sp³-hybridized carbons (Fsp3) is 0.333. The van der Waals surface area contributed by atoms with Crippen molar-refractivity contribution in [1.82, 2.24) is 14.8 Å². The molecule has 0 amide bonds. The summed E-state index contributed by atoms with van der Waals surface area (Å²) in [6.07, 6.45) is 5.06. The van der Waals surface area contributed by atoms with Crippen LogP contribution in [0.5, 0.6) is 0 Å². The van der Waals surface area contributed by atoms with E-state index in [1.165, 1.54) is 0 Å². The van der Waals surface area contributed by atoms with Crippen molar-refractivity contribution < 1.29 is 5.11 Å². The van der Waals surface area contributed by atoms with Crippen molar-refractivity contribution in [3.05, 3.63) is 48.0 Å². The Morgan fingerprint density at radius 1 is 1.38 bits per heavy atom. The lowest BCUT2D eigenvalue weighted by atomic mass is 9.94. The molecule has 0 fully saturated rings. The third-order valence-corrected chi connectivity index (χ3v) is 2.74. The Bertz CT molecular complexity index is 462. The van der Waals surface area contributed by atoms with Gasteiger partial charge in [-0.25, -0.2) is 0 Å². The van der Waals surface area contributed by atoms with Crippen LogP contribution in [0, 0.1) is 0 Å². The summed E-state index contributed by atoms with van der Waals surface area (Å²) < 4.78 is 1.78. The Morgan fingerprint density at radius 3 is 2.81 bits per heavy atom. The summed E-state index contributed by atoms with van der Waals surface area (Å²) in [5.41, 5.74) is 0.494. The van der Waals surface area contributed by atoms with Gasteiger partial charge in [0.2, 0.25) is 0 Å². The number of rotatable bonds is 3. The van der Waals surface area contributed by atoms with Gasteiger partial charge >= 0.3 is 0 Å². The number of aliphatic hydroxyl groups is 1. The molecule has 2 aromatic rings. The third kappa shape index (κ3) is 1.72. The highest BCUT2D eigenvalue weighted by molar-refractivity contribution is 5.28. The van der Waals surface area contributed by atoms with Gasteiger partial charge in [-0.2, -0.15) is 5.10 Å². The van der Waals surface area contributed by atoms with Crippen molar-refractivity contribution in [1.29, 1.82) is 0 Å². The van der Waals surface area contributed by atoms with Crippen molar-refractivity contribution >= 4 is 0 Å². The van der Waals surface area contributed by atoms with Crippen LogP contribution in [-0.2, 0) is 12.1 Å². The summed E-state index contributed by atoms with van der Waals surface area (Å²) in [7, 11) is 0. The first-order chi connectivity index (χ1) is 7.66. The van der Waals surface area contributed by atoms with Crippen LogP contribution >= 0.6 is 0 Å². The van der Waals surface area contributed by atoms with Crippen LogP contribution in [0.25, 0.3) is 0 Å². The highest BCUT2D eigenvalue weighted by Crippen LogP contribution is 2.27. The minimum atomic E-state index is -1.05. The molecule has 1 unspecified atom stereocenters. The summed E-state index contributed by atoms with van der Waals surface area (Å²) in [6, 6.07) is 5.51. The Hall–Kier alpha value is -1.68. The van der Waals surface area contributed by atoms with Crippen LogP contribution in [0.15, 0.2) is 36.8 Å². The lowest BCUT2D eigenvalue weighted by Crippen LogP contribution is -2.26. The van der Waals surface area contributed by atoms with Gasteiger partial charge in [0.15, 0.2) is 0 Å². The molecule has 4 nitrogen and oxygen atoms in total. The number of hydrogen-bond donors (Lipinski definition) is 1. The normalized spacial score (nSPS) is 14.7. The minimum absolute atomic E-state index is 0.735. The van der Waals surface area contributed by atoms with E-state index >= 15 is 0 Å². The summed E-state index contributed by atoms with van der Waals surface area (Å²) in [5, 5.41) is 14.7. The van der Waals surface area contributed by atoms with Crippen molar-refractivity contribution in [2.24, 2.45) is 0 Å². The largest absolute Gasteiger partial charge is 0.379 e. The lowest BCUT2D eigenvalue weighted by Gasteiger charge is -2.24. The van der Waals surface area contributed by atoms with Gasteiger partial charge in [-0.1, -0.05) is 6.07 Å². The summed E-state index contributed by atoms with van der Waals surface area (Å²) in [5.74, 6) is 0. The van der Waals surface area contributed by atoms with Crippen molar-refractivity contribution in [2.45, 2.75) is 26.0 Å². The molecule has 1 atom stereocenters. The second-order valence-electron chi connectivity index (χ2n) is 3.85. The van der Waals surface area contributed by atoms with E-state index in [-0.39, 0.29) is 0 Å². The Labute approximate surface area is 94.6 Å². The van der Waals surface area contributed by atoms with Crippen molar-refractivity contribution in [3.8, 4) is 0 Å². The average Bonchev–Trinajstić information content (AvgIpc) is 2.79. The first-order valence-electron chi connectivity index (χ1n) is 5.31. The fourth-order valence-electron chi connectivity index (χ4n) is 1.80. The fourth-order valence-corrected chi connectivity index (χ4v) is 1.80. The molecule has 16 heavy (non-hydrogen) atoms. The monoisotopic (exact) mass is 217 g/mol. The van der Waals surface area contributed by atoms with Gasteiger partial charge in [0.25, 0.3) is 0 Å². The summed E-state index contributed by atoms with van der Waals surface area (Å²) in [6.45, 7) is 4.49. The lowest BCUT2D eigenvalue weighted by molar-refractivity contribution is 0.0914. The van der Waals surface area contributed by atoms with Crippen molar-refractivity contribution in [2.75, 3.05) is 0 Å². The molecule has 4 heteroatoms. The van der Waals surface area contributed by atoms with Crippen LogP contribution in [0.4, 0.5) is 0 Å². The standard InChI is InChI=1S/C12H15N3O/c1-3-15-11(6-8-14-15)12(2,16)10-5-4-7-13-9-10/h4-9,16H,3H2,1-2H3. The maximum absolute atomic E-state index is 10.6. The number of aryl methyl sites for hydroxylation is 1. The van der Waals surface area contributed by atoms with E-state index in [9.17, 15) is 5.11 Å². The van der Waals surface area contributed by atoms with Gasteiger partial charge in [0.1, 0.15) is 5.60 Å². The van der Waals surface area contributed by atoms with Crippen LogP contribution in [0.2, 0.25) is 0 Å². The molecule has 0 aliphatic carbocycles. The molecule has 84 valence electrons. The highest BCUT2D eigenvalue weighted by Gasteiger charge is 2.29. The van der Waals surface area contributed by atoms with Crippen LogP contribution in [0.3, 0.4) is 0 Å². The van der Waals surface area contributed by atoms with Crippen LogP contribution in [0.1, 0.15) is 25.1 Å². The smallest absolute Gasteiger partial charge is 0.130 e. The molecule has 0 aromatic carbocycles. The molecule has 0 saturated carbocycles. The van der Waals surface area contributed by atoms with Gasteiger partial charge in [0.05, 0.1) is 5.69 Å². The second kappa shape index (κ2) is 4.06. The number of aromatic nitrogens is 3. The topological polar surface area (TPSA) is 50.9 Å². The Morgan fingerprint density at radius 2 is 2.19 bits per heavy atom. The molecule has 0 radical (unpaired) electrons. The first kappa shape index (κ1) is 10.8. The number of hydrogen-bond acceptors (Lipinski definition) is 3. The minimum Gasteiger partial charge on any atom is -0.379 e. The molecular formula is C12H15N3O. The molecule has 2 heterocycles. The van der Waals surface area contributed by atoms with E-state index in [2.05, 4.69) is 10.1 Å². The third-order valence-electron chi connectivity index (χ3n) is 2.74. The molecule has 2 aromatic heterocycles. The second-order valence-corrected chi connectivity index (χ2v) is 3.85. The first-order valence-corrected chi connectivity index (χ1v) is 5.31. The van der Waals surface area contributed by atoms with Gasteiger partial charge in [0, 0.05) is 30.7 Å². The van der Waals surface area contributed by atoms with Crippen LogP contribution in [-0.4, -0.2) is 19.9 Å². The van der Waals surface area contributed by atoms with E-state index in [4.69, 9.17) is 0 Å². The van der Waals surface area contributed by atoms with E-state index in [0.29, 0.717) is 0 Å². The van der Waals surface area contributed by atoms with E-state index in [1.807, 2.05) is 25.1 Å². The molecule has 0 spiro atoms. The van der Waals surface area contributed by atoms with Gasteiger partial charge in [-0.05, 0) is 26.0 Å². The maximum atomic E-state index is 10.6. The van der Waals surface area contributed by atoms with Gasteiger partial charge in [-0.3, -0.25) is 9.67 Å². The zero-order chi connectivity index (χ0) is 11.6. The van der Waals surface area contributed by atoms with Crippen LogP contribution < -0.4 is 0 Å². The zero-order valence-electron chi connectivity index (χ0n) is 9.46. The number of nitrogens with zero attached hydrogens (tertiary/aromatic N) is 3. The van der Waals surface area contributed by atoms with Gasteiger partial charge < -0.3 is 5.11 Å². The highest BCUT2D eigenvalue weighted by atomic mass is 16.3. The molecule has 0 aliphatic heterocycles. The molecule has 2 rings (SSSR count). The summed E-state index contributed by atoms with van der Waals surface area (Å²) in [4.78, 5) is 4.03. The predicted octanol–water partition coefficient (Wildman–Crippen LogP) is 1.55. The molecule has 0 saturated heterocycles. The number of pyridine rings is 1. The maximum Gasteiger partial charge on any atom is 0.130 e. The molecule has 0 aliphatic rings. The Balaban J connectivity index is 2.47. The van der Waals surface area contributed by atoms with Crippen molar-refractivity contribution in [3.63, 3.8) is 0 Å². The molecule has 0 bridgehead atoms. The van der Waals surface area contributed by atoms with Gasteiger partial charge in [-0.15, -0.1) is 0 Å². The van der Waals surface area contributed by atoms with E-state index in [0.717, 1.165) is 17.8 Å². The van der Waals surface area contributed by atoms with E-state index in [1.54, 1.807) is 30.2 Å². The summed E-state index contributed by atoms with van der Waals surface area (Å²) >= 11 is 0. The quantitative estimate of drug-likeness (QED) is 0.848. The molecule has 1 N–H and O–H groups in total.